The normalized spacial score (nSPS) is 44.2. The Hall–Kier alpha value is -0.610. The molecule has 1 unspecified atom stereocenters. The SMILES string of the molecule is CNC1CCCN(CC(=O)NC23CC4CC(CC(C4)C2)C3)C1. The van der Waals surface area contributed by atoms with Gasteiger partial charge < -0.3 is 10.6 Å². The minimum Gasteiger partial charge on any atom is -0.350 e. The Kier molecular flexibility index (Phi) is 3.93. The molecule has 22 heavy (non-hydrogen) atoms. The highest BCUT2D eigenvalue weighted by Crippen LogP contribution is 2.55. The van der Waals surface area contributed by atoms with Gasteiger partial charge in [0.05, 0.1) is 6.54 Å². The van der Waals surface area contributed by atoms with Gasteiger partial charge >= 0.3 is 0 Å². The van der Waals surface area contributed by atoms with Crippen molar-refractivity contribution < 1.29 is 4.79 Å². The van der Waals surface area contributed by atoms with E-state index in [-0.39, 0.29) is 11.4 Å². The summed E-state index contributed by atoms with van der Waals surface area (Å²) in [6.07, 6.45) is 10.5. The third-order valence-corrected chi connectivity index (χ3v) is 6.72. The van der Waals surface area contributed by atoms with E-state index in [1.807, 2.05) is 7.05 Å². The van der Waals surface area contributed by atoms with E-state index in [1.54, 1.807) is 0 Å². The molecule has 1 aliphatic heterocycles. The molecule has 0 aromatic rings. The number of hydrogen-bond acceptors (Lipinski definition) is 3. The lowest BCUT2D eigenvalue weighted by Crippen LogP contribution is -2.61. The molecule has 5 aliphatic rings. The maximum absolute atomic E-state index is 12.6. The van der Waals surface area contributed by atoms with E-state index in [4.69, 9.17) is 0 Å². The molecule has 5 rings (SSSR count). The van der Waals surface area contributed by atoms with Crippen molar-refractivity contribution in [1.29, 1.82) is 0 Å². The molecular formula is C18H31N3O. The predicted octanol–water partition coefficient (Wildman–Crippen LogP) is 1.76. The fraction of sp³-hybridized carbons (Fsp3) is 0.944. The first-order chi connectivity index (χ1) is 10.6. The van der Waals surface area contributed by atoms with E-state index in [2.05, 4.69) is 15.5 Å². The van der Waals surface area contributed by atoms with Crippen LogP contribution in [0.2, 0.25) is 0 Å². The van der Waals surface area contributed by atoms with Gasteiger partial charge in [-0.2, -0.15) is 0 Å². The van der Waals surface area contributed by atoms with Gasteiger partial charge in [0.1, 0.15) is 0 Å². The van der Waals surface area contributed by atoms with Crippen LogP contribution in [0.4, 0.5) is 0 Å². The van der Waals surface area contributed by atoms with Gasteiger partial charge in [0.25, 0.3) is 0 Å². The Bertz CT molecular complexity index is 401. The molecule has 4 saturated carbocycles. The summed E-state index contributed by atoms with van der Waals surface area (Å²) in [6.45, 7) is 2.69. The van der Waals surface area contributed by atoms with Gasteiger partial charge in [-0.3, -0.25) is 9.69 Å². The van der Waals surface area contributed by atoms with Crippen molar-refractivity contribution in [2.45, 2.75) is 62.9 Å². The molecule has 4 heteroatoms. The van der Waals surface area contributed by atoms with Crippen LogP contribution in [-0.2, 0) is 4.79 Å². The first kappa shape index (κ1) is 14.9. The topological polar surface area (TPSA) is 44.4 Å². The number of piperidine rings is 1. The summed E-state index contributed by atoms with van der Waals surface area (Å²) in [4.78, 5) is 15.0. The summed E-state index contributed by atoms with van der Waals surface area (Å²) in [5.41, 5.74) is 0.171. The fourth-order valence-corrected chi connectivity index (χ4v) is 6.24. The van der Waals surface area contributed by atoms with Crippen LogP contribution in [-0.4, -0.2) is 49.1 Å². The molecule has 4 bridgehead atoms. The van der Waals surface area contributed by atoms with Gasteiger partial charge in [-0.15, -0.1) is 0 Å². The summed E-state index contributed by atoms with van der Waals surface area (Å²) < 4.78 is 0. The number of likely N-dealkylation sites (N-methyl/N-ethyl adjacent to an activating group) is 1. The van der Waals surface area contributed by atoms with Gasteiger partial charge in [0.2, 0.25) is 5.91 Å². The second kappa shape index (κ2) is 5.79. The third-order valence-electron chi connectivity index (χ3n) is 6.72. The molecule has 0 spiro atoms. The Morgan fingerprint density at radius 1 is 1.14 bits per heavy atom. The number of likely N-dealkylation sites (tertiary alicyclic amines) is 1. The Morgan fingerprint density at radius 2 is 1.77 bits per heavy atom. The first-order valence-electron chi connectivity index (χ1n) is 9.35. The zero-order chi connectivity index (χ0) is 15.2. The maximum Gasteiger partial charge on any atom is 0.234 e. The van der Waals surface area contributed by atoms with E-state index < -0.39 is 0 Å². The van der Waals surface area contributed by atoms with Crippen molar-refractivity contribution >= 4 is 5.91 Å². The Morgan fingerprint density at radius 3 is 2.36 bits per heavy atom. The second-order valence-electron chi connectivity index (χ2n) is 8.61. The predicted molar refractivity (Wildman–Crippen MR) is 87.6 cm³/mol. The van der Waals surface area contributed by atoms with Gasteiger partial charge in [-0.25, -0.2) is 0 Å². The van der Waals surface area contributed by atoms with Crippen LogP contribution in [0.3, 0.4) is 0 Å². The lowest BCUT2D eigenvalue weighted by Gasteiger charge is -2.57. The molecule has 4 aliphatic carbocycles. The molecule has 1 amide bonds. The zero-order valence-electron chi connectivity index (χ0n) is 13.9. The fourth-order valence-electron chi connectivity index (χ4n) is 6.24. The Balaban J connectivity index is 1.34. The average Bonchev–Trinajstić information content (AvgIpc) is 2.45. The molecule has 124 valence electrons. The lowest BCUT2D eigenvalue weighted by molar-refractivity contribution is -0.128. The summed E-state index contributed by atoms with van der Waals surface area (Å²) in [6, 6.07) is 0.557. The van der Waals surface area contributed by atoms with E-state index >= 15 is 0 Å². The quantitative estimate of drug-likeness (QED) is 0.832. The van der Waals surface area contributed by atoms with Gasteiger partial charge in [-0.05, 0) is 82.7 Å². The second-order valence-corrected chi connectivity index (χ2v) is 8.61. The number of nitrogens with one attached hydrogen (secondary N) is 2. The van der Waals surface area contributed by atoms with Crippen LogP contribution in [0.1, 0.15) is 51.4 Å². The zero-order valence-corrected chi connectivity index (χ0v) is 13.9. The summed E-state index contributed by atoms with van der Waals surface area (Å²) in [7, 11) is 2.03. The molecule has 0 aromatic heterocycles. The number of nitrogens with zero attached hydrogens (tertiary/aromatic N) is 1. The van der Waals surface area contributed by atoms with Crippen LogP contribution in [0.5, 0.6) is 0 Å². The van der Waals surface area contributed by atoms with Gasteiger partial charge in [0.15, 0.2) is 0 Å². The number of carbonyl (C=O) groups is 1. The largest absolute Gasteiger partial charge is 0.350 e. The smallest absolute Gasteiger partial charge is 0.234 e. The van der Waals surface area contributed by atoms with Crippen LogP contribution in [0.15, 0.2) is 0 Å². The van der Waals surface area contributed by atoms with Crippen molar-refractivity contribution in [2.24, 2.45) is 17.8 Å². The van der Waals surface area contributed by atoms with E-state index in [9.17, 15) is 4.79 Å². The molecular weight excluding hydrogens is 274 g/mol. The molecule has 4 nitrogen and oxygen atoms in total. The van der Waals surface area contributed by atoms with Crippen molar-refractivity contribution in [2.75, 3.05) is 26.7 Å². The summed E-state index contributed by atoms with van der Waals surface area (Å²) in [5.74, 6) is 2.97. The van der Waals surface area contributed by atoms with Crippen LogP contribution in [0.25, 0.3) is 0 Å². The van der Waals surface area contributed by atoms with Crippen LogP contribution in [0, 0.1) is 17.8 Å². The van der Waals surface area contributed by atoms with E-state index in [0.717, 1.165) is 30.8 Å². The van der Waals surface area contributed by atoms with E-state index in [0.29, 0.717) is 12.6 Å². The Labute approximate surface area is 134 Å². The maximum atomic E-state index is 12.6. The van der Waals surface area contributed by atoms with Crippen molar-refractivity contribution in [1.82, 2.24) is 15.5 Å². The summed E-state index contributed by atoms with van der Waals surface area (Å²) in [5, 5.41) is 6.86. The number of hydrogen-bond donors (Lipinski definition) is 2. The highest BCUT2D eigenvalue weighted by molar-refractivity contribution is 5.79. The molecule has 1 heterocycles. The molecule has 1 atom stereocenters. The molecule has 1 saturated heterocycles. The number of rotatable bonds is 4. The minimum absolute atomic E-state index is 0.171. The number of amides is 1. The minimum atomic E-state index is 0.171. The van der Waals surface area contributed by atoms with Crippen LogP contribution < -0.4 is 10.6 Å². The first-order valence-corrected chi connectivity index (χ1v) is 9.35. The van der Waals surface area contributed by atoms with Gasteiger partial charge in [-0.1, -0.05) is 0 Å². The third kappa shape index (κ3) is 2.92. The highest BCUT2D eigenvalue weighted by atomic mass is 16.2. The molecule has 0 aromatic carbocycles. The summed E-state index contributed by atoms with van der Waals surface area (Å²) >= 11 is 0. The highest BCUT2D eigenvalue weighted by Gasteiger charge is 2.51. The number of carbonyl (C=O) groups excluding carboxylic acids is 1. The van der Waals surface area contributed by atoms with Gasteiger partial charge in [0, 0.05) is 18.1 Å². The van der Waals surface area contributed by atoms with Crippen molar-refractivity contribution in [3.63, 3.8) is 0 Å². The molecule has 5 fully saturated rings. The van der Waals surface area contributed by atoms with E-state index in [1.165, 1.54) is 51.4 Å². The average molecular weight is 305 g/mol. The molecule has 2 N–H and O–H groups in total. The van der Waals surface area contributed by atoms with Crippen molar-refractivity contribution in [3.05, 3.63) is 0 Å². The standard InChI is InChI=1S/C18H31N3O/c1-19-16-3-2-4-21(11-16)12-17(22)20-18-8-13-5-14(9-18)7-15(6-13)10-18/h13-16,19H,2-12H2,1H3,(H,20,22). The monoisotopic (exact) mass is 305 g/mol. The lowest BCUT2D eigenvalue weighted by atomic mass is 9.53. The molecule has 0 radical (unpaired) electrons. The van der Waals surface area contributed by atoms with Crippen molar-refractivity contribution in [3.8, 4) is 0 Å². The van der Waals surface area contributed by atoms with Crippen LogP contribution >= 0.6 is 0 Å².